The zero-order valence-corrected chi connectivity index (χ0v) is 11.5. The van der Waals surface area contributed by atoms with E-state index in [0.717, 1.165) is 5.56 Å². The SMILES string of the molecule is CC(C)(C)C(=O)[C@H]1O[C@@H]1c1cccc2ccccc12. The van der Waals surface area contributed by atoms with Gasteiger partial charge in [-0.2, -0.15) is 0 Å². The molecule has 0 N–H and O–H groups in total. The van der Waals surface area contributed by atoms with Gasteiger partial charge in [-0.3, -0.25) is 4.79 Å². The number of carbonyl (C=O) groups is 1. The Morgan fingerprint density at radius 2 is 1.74 bits per heavy atom. The van der Waals surface area contributed by atoms with Gasteiger partial charge >= 0.3 is 0 Å². The van der Waals surface area contributed by atoms with Crippen LogP contribution in [0.4, 0.5) is 0 Å². The van der Waals surface area contributed by atoms with Crippen molar-refractivity contribution in [3.8, 4) is 0 Å². The maximum absolute atomic E-state index is 12.2. The number of benzene rings is 2. The molecule has 1 aliphatic rings. The van der Waals surface area contributed by atoms with E-state index in [4.69, 9.17) is 4.74 Å². The molecule has 0 saturated carbocycles. The number of ketones is 1. The van der Waals surface area contributed by atoms with Gasteiger partial charge in [-0.15, -0.1) is 0 Å². The van der Waals surface area contributed by atoms with Gasteiger partial charge in [0.05, 0.1) is 0 Å². The van der Waals surface area contributed by atoms with Crippen LogP contribution in [0.25, 0.3) is 10.8 Å². The van der Waals surface area contributed by atoms with Gasteiger partial charge in [-0.25, -0.2) is 0 Å². The van der Waals surface area contributed by atoms with Crippen molar-refractivity contribution in [3.63, 3.8) is 0 Å². The first-order chi connectivity index (χ1) is 8.98. The number of epoxide rings is 1. The highest BCUT2D eigenvalue weighted by molar-refractivity contribution is 5.93. The molecule has 2 aromatic rings. The van der Waals surface area contributed by atoms with Crippen molar-refractivity contribution in [1.29, 1.82) is 0 Å². The van der Waals surface area contributed by atoms with E-state index in [2.05, 4.69) is 24.3 Å². The second kappa shape index (κ2) is 4.17. The predicted octanol–water partition coefficient (Wildman–Crippen LogP) is 3.89. The van der Waals surface area contributed by atoms with Crippen molar-refractivity contribution in [3.05, 3.63) is 48.0 Å². The minimum atomic E-state index is -0.343. The van der Waals surface area contributed by atoms with Crippen LogP contribution in [-0.4, -0.2) is 11.9 Å². The molecule has 2 aromatic carbocycles. The summed E-state index contributed by atoms with van der Waals surface area (Å²) in [4.78, 5) is 12.2. The van der Waals surface area contributed by atoms with E-state index in [-0.39, 0.29) is 23.4 Å². The summed E-state index contributed by atoms with van der Waals surface area (Å²) in [6, 6.07) is 14.4. The Kier molecular flexibility index (Phi) is 2.72. The maximum atomic E-state index is 12.2. The molecule has 0 spiro atoms. The highest BCUT2D eigenvalue weighted by Gasteiger charge is 2.49. The monoisotopic (exact) mass is 254 g/mol. The summed E-state index contributed by atoms with van der Waals surface area (Å²) < 4.78 is 5.65. The van der Waals surface area contributed by atoms with Crippen molar-refractivity contribution < 1.29 is 9.53 Å². The molecule has 3 rings (SSSR count). The first-order valence-electron chi connectivity index (χ1n) is 6.66. The quantitative estimate of drug-likeness (QED) is 0.761. The molecule has 0 unspecified atom stereocenters. The second-order valence-corrected chi connectivity index (χ2v) is 6.16. The van der Waals surface area contributed by atoms with Crippen molar-refractivity contribution in [2.75, 3.05) is 0 Å². The molecule has 1 fully saturated rings. The summed E-state index contributed by atoms with van der Waals surface area (Å²) in [5, 5.41) is 2.37. The zero-order chi connectivity index (χ0) is 13.6. The van der Waals surface area contributed by atoms with Gasteiger partial charge in [0.25, 0.3) is 0 Å². The molecule has 0 aliphatic carbocycles. The Hall–Kier alpha value is -1.67. The Morgan fingerprint density at radius 3 is 2.47 bits per heavy atom. The summed E-state index contributed by atoms with van der Waals surface area (Å²) in [5.74, 6) is 0.186. The summed E-state index contributed by atoms with van der Waals surface area (Å²) >= 11 is 0. The summed E-state index contributed by atoms with van der Waals surface area (Å²) in [7, 11) is 0. The molecule has 2 atom stereocenters. The number of ether oxygens (including phenoxy) is 1. The van der Waals surface area contributed by atoms with Crippen molar-refractivity contribution in [2.45, 2.75) is 33.0 Å². The third kappa shape index (κ3) is 2.17. The molecule has 19 heavy (non-hydrogen) atoms. The normalized spacial score (nSPS) is 22.5. The van der Waals surface area contributed by atoms with Crippen LogP contribution in [-0.2, 0) is 9.53 Å². The summed E-state index contributed by atoms with van der Waals surface area (Å²) in [6.07, 6.45) is -0.344. The van der Waals surface area contributed by atoms with Crippen LogP contribution in [0.15, 0.2) is 42.5 Å². The lowest BCUT2D eigenvalue weighted by molar-refractivity contribution is -0.127. The van der Waals surface area contributed by atoms with Crippen LogP contribution in [0.1, 0.15) is 32.4 Å². The highest BCUT2D eigenvalue weighted by Crippen LogP contribution is 2.44. The van der Waals surface area contributed by atoms with Crippen LogP contribution in [0.3, 0.4) is 0 Å². The average molecular weight is 254 g/mol. The van der Waals surface area contributed by atoms with E-state index in [0.29, 0.717) is 0 Å². The van der Waals surface area contributed by atoms with Gasteiger partial charge in [-0.1, -0.05) is 63.2 Å². The van der Waals surface area contributed by atoms with E-state index in [1.165, 1.54) is 10.8 Å². The van der Waals surface area contributed by atoms with Crippen molar-refractivity contribution in [2.24, 2.45) is 5.41 Å². The number of fused-ring (bicyclic) bond motifs is 1. The number of hydrogen-bond donors (Lipinski definition) is 0. The Labute approximate surface area is 113 Å². The van der Waals surface area contributed by atoms with Gasteiger partial charge in [0.15, 0.2) is 5.78 Å². The first-order valence-corrected chi connectivity index (χ1v) is 6.66. The fraction of sp³-hybridized carbons (Fsp3) is 0.353. The van der Waals surface area contributed by atoms with Crippen LogP contribution >= 0.6 is 0 Å². The number of hydrogen-bond acceptors (Lipinski definition) is 2. The average Bonchev–Trinajstić information content (AvgIpc) is 3.16. The Balaban J connectivity index is 1.94. The molecular formula is C17H18O2. The molecule has 0 amide bonds. The third-order valence-electron chi connectivity index (χ3n) is 3.62. The fourth-order valence-corrected chi connectivity index (χ4v) is 2.47. The number of rotatable bonds is 2. The van der Waals surface area contributed by atoms with Crippen LogP contribution in [0, 0.1) is 5.41 Å². The smallest absolute Gasteiger partial charge is 0.169 e. The third-order valence-corrected chi connectivity index (χ3v) is 3.62. The van der Waals surface area contributed by atoms with Crippen molar-refractivity contribution in [1.82, 2.24) is 0 Å². The van der Waals surface area contributed by atoms with E-state index in [1.54, 1.807) is 0 Å². The lowest BCUT2D eigenvalue weighted by Gasteiger charge is -2.14. The van der Waals surface area contributed by atoms with Crippen LogP contribution in [0.2, 0.25) is 0 Å². The predicted molar refractivity (Wildman–Crippen MR) is 76.0 cm³/mol. The molecule has 0 radical (unpaired) electrons. The Morgan fingerprint density at radius 1 is 1.05 bits per heavy atom. The first kappa shape index (κ1) is 12.4. The highest BCUT2D eigenvalue weighted by atomic mass is 16.6. The molecule has 0 bridgehead atoms. The number of carbonyl (C=O) groups excluding carboxylic acids is 1. The van der Waals surface area contributed by atoms with E-state index >= 15 is 0 Å². The van der Waals surface area contributed by atoms with Crippen molar-refractivity contribution >= 4 is 16.6 Å². The van der Waals surface area contributed by atoms with Crippen LogP contribution in [0.5, 0.6) is 0 Å². The molecule has 1 saturated heterocycles. The van der Waals surface area contributed by atoms with Gasteiger partial charge in [0, 0.05) is 5.41 Å². The minimum Gasteiger partial charge on any atom is -0.356 e. The standard InChI is InChI=1S/C17H18O2/c1-17(2,3)16(18)15-14(19-15)13-10-6-8-11-7-4-5-9-12(11)13/h4-10,14-15H,1-3H3/t14-,15+/m1/s1. The molecule has 2 nitrogen and oxygen atoms in total. The van der Waals surface area contributed by atoms with Gasteiger partial charge in [0.1, 0.15) is 12.2 Å². The van der Waals surface area contributed by atoms with E-state index in [1.807, 2.05) is 39.0 Å². The van der Waals surface area contributed by atoms with Crippen LogP contribution < -0.4 is 0 Å². The zero-order valence-electron chi connectivity index (χ0n) is 11.5. The second-order valence-electron chi connectivity index (χ2n) is 6.16. The van der Waals surface area contributed by atoms with Gasteiger partial charge < -0.3 is 4.74 Å². The topological polar surface area (TPSA) is 29.6 Å². The molecule has 0 aromatic heterocycles. The number of Topliss-reactive ketones (excluding diaryl/α,β-unsaturated/α-hetero) is 1. The summed E-state index contributed by atoms with van der Waals surface area (Å²) in [6.45, 7) is 5.82. The van der Waals surface area contributed by atoms with Gasteiger partial charge in [0.2, 0.25) is 0 Å². The molecule has 1 aliphatic heterocycles. The summed E-state index contributed by atoms with van der Waals surface area (Å²) in [5.41, 5.74) is 0.782. The van der Waals surface area contributed by atoms with E-state index < -0.39 is 0 Å². The Bertz CT molecular complexity index is 632. The van der Waals surface area contributed by atoms with Gasteiger partial charge in [-0.05, 0) is 16.3 Å². The fourth-order valence-electron chi connectivity index (χ4n) is 2.47. The minimum absolute atomic E-state index is 0.0715. The lowest BCUT2D eigenvalue weighted by Crippen LogP contribution is -2.25. The molecule has 98 valence electrons. The maximum Gasteiger partial charge on any atom is 0.169 e. The molecule has 1 heterocycles. The largest absolute Gasteiger partial charge is 0.356 e. The lowest BCUT2D eigenvalue weighted by atomic mass is 9.87. The molecule has 2 heteroatoms. The molecular weight excluding hydrogens is 236 g/mol. The van der Waals surface area contributed by atoms with E-state index in [9.17, 15) is 4.79 Å².